The highest BCUT2D eigenvalue weighted by Crippen LogP contribution is 2.23. The van der Waals surface area contributed by atoms with Crippen LogP contribution in [0, 0.1) is 0 Å². The number of nitrogens with zero attached hydrogens (tertiary/aromatic N) is 6. The number of aromatic nitrogens is 3. The summed E-state index contributed by atoms with van der Waals surface area (Å²) in [5.74, 6) is 2.45. The minimum absolute atomic E-state index is 0.441. The molecule has 0 N–H and O–H groups in total. The standard InChI is InChI=1S/C20H28N6O2/c1-24(18-4-7-22-20(23-18)26-9-11-28-12-10-26)17-5-8-25(15-17)14-16-3-6-21-19(13-16)27-2/h3-4,6-7,13,17H,5,8-12,14-15H2,1-2H3. The molecule has 0 aliphatic carbocycles. The lowest BCUT2D eigenvalue weighted by Gasteiger charge is -2.29. The van der Waals surface area contributed by atoms with Gasteiger partial charge in [-0.25, -0.2) is 9.97 Å². The Morgan fingerprint density at radius 1 is 1.18 bits per heavy atom. The molecule has 0 aromatic carbocycles. The summed E-state index contributed by atoms with van der Waals surface area (Å²) in [6, 6.07) is 6.51. The van der Waals surface area contributed by atoms with Gasteiger partial charge in [-0.15, -0.1) is 0 Å². The van der Waals surface area contributed by atoms with Gasteiger partial charge in [0.1, 0.15) is 5.82 Å². The van der Waals surface area contributed by atoms with Gasteiger partial charge < -0.3 is 19.3 Å². The Labute approximate surface area is 166 Å². The van der Waals surface area contributed by atoms with Crippen LogP contribution in [0.25, 0.3) is 0 Å². The van der Waals surface area contributed by atoms with E-state index in [9.17, 15) is 0 Å². The Bertz CT molecular complexity index is 783. The fourth-order valence-electron chi connectivity index (χ4n) is 3.83. The highest BCUT2D eigenvalue weighted by atomic mass is 16.5. The monoisotopic (exact) mass is 384 g/mol. The highest BCUT2D eigenvalue weighted by molar-refractivity contribution is 5.44. The number of ether oxygens (including phenoxy) is 2. The second kappa shape index (κ2) is 8.70. The van der Waals surface area contributed by atoms with Crippen LogP contribution in [0.4, 0.5) is 11.8 Å². The van der Waals surface area contributed by atoms with Gasteiger partial charge in [0.15, 0.2) is 0 Å². The number of likely N-dealkylation sites (tertiary alicyclic amines) is 1. The van der Waals surface area contributed by atoms with E-state index in [0.29, 0.717) is 11.9 Å². The van der Waals surface area contributed by atoms with Gasteiger partial charge >= 0.3 is 0 Å². The number of rotatable bonds is 6. The molecule has 2 fully saturated rings. The fraction of sp³-hybridized carbons (Fsp3) is 0.550. The van der Waals surface area contributed by atoms with Crippen molar-refractivity contribution in [3.05, 3.63) is 36.2 Å². The molecular formula is C20H28N6O2. The first kappa shape index (κ1) is 18.9. The molecule has 2 aliphatic heterocycles. The van der Waals surface area contributed by atoms with Gasteiger partial charge in [0.25, 0.3) is 0 Å². The third-order valence-corrected chi connectivity index (χ3v) is 5.49. The third kappa shape index (κ3) is 4.34. The van der Waals surface area contributed by atoms with Crippen LogP contribution in [0.1, 0.15) is 12.0 Å². The van der Waals surface area contributed by atoms with E-state index in [1.165, 1.54) is 5.56 Å². The van der Waals surface area contributed by atoms with Gasteiger partial charge in [-0.3, -0.25) is 4.90 Å². The van der Waals surface area contributed by atoms with Crippen molar-refractivity contribution in [3.8, 4) is 5.88 Å². The van der Waals surface area contributed by atoms with E-state index in [0.717, 1.165) is 64.1 Å². The summed E-state index contributed by atoms with van der Waals surface area (Å²) < 4.78 is 10.7. The van der Waals surface area contributed by atoms with E-state index < -0.39 is 0 Å². The number of anilines is 2. The predicted molar refractivity (Wildman–Crippen MR) is 108 cm³/mol. The van der Waals surface area contributed by atoms with Crippen molar-refractivity contribution in [2.45, 2.75) is 19.0 Å². The van der Waals surface area contributed by atoms with Gasteiger partial charge in [-0.2, -0.15) is 4.98 Å². The lowest BCUT2D eigenvalue weighted by atomic mass is 10.2. The molecule has 28 heavy (non-hydrogen) atoms. The molecule has 4 rings (SSSR count). The van der Waals surface area contributed by atoms with Crippen LogP contribution in [0.2, 0.25) is 0 Å². The van der Waals surface area contributed by atoms with Crippen LogP contribution in [0.15, 0.2) is 30.6 Å². The second-order valence-electron chi connectivity index (χ2n) is 7.31. The van der Waals surface area contributed by atoms with Crippen LogP contribution in [-0.4, -0.2) is 79.4 Å². The number of morpholine rings is 1. The number of methoxy groups -OCH3 is 1. The zero-order chi connectivity index (χ0) is 19.3. The lowest BCUT2D eigenvalue weighted by Crippen LogP contribution is -2.38. The molecule has 8 heteroatoms. The topological polar surface area (TPSA) is 66.9 Å². The summed E-state index contributed by atoms with van der Waals surface area (Å²) in [4.78, 5) is 20.4. The highest BCUT2D eigenvalue weighted by Gasteiger charge is 2.27. The molecule has 2 saturated heterocycles. The van der Waals surface area contributed by atoms with Gasteiger partial charge in [0.05, 0.1) is 20.3 Å². The van der Waals surface area contributed by atoms with E-state index in [-0.39, 0.29) is 0 Å². The molecule has 0 spiro atoms. The maximum Gasteiger partial charge on any atom is 0.227 e. The van der Waals surface area contributed by atoms with Crippen molar-refractivity contribution in [1.29, 1.82) is 0 Å². The average molecular weight is 384 g/mol. The zero-order valence-electron chi connectivity index (χ0n) is 16.6. The summed E-state index contributed by atoms with van der Waals surface area (Å²) in [5, 5.41) is 0. The lowest BCUT2D eigenvalue weighted by molar-refractivity contribution is 0.122. The normalized spacial score (nSPS) is 20.4. The number of pyridine rings is 1. The van der Waals surface area contributed by atoms with Crippen LogP contribution >= 0.6 is 0 Å². The molecule has 2 aromatic heterocycles. The van der Waals surface area contributed by atoms with E-state index in [4.69, 9.17) is 14.5 Å². The quantitative estimate of drug-likeness (QED) is 0.741. The van der Waals surface area contributed by atoms with Crippen LogP contribution in [0.3, 0.4) is 0 Å². The van der Waals surface area contributed by atoms with E-state index in [1.54, 1.807) is 7.11 Å². The smallest absolute Gasteiger partial charge is 0.227 e. The van der Waals surface area contributed by atoms with Gasteiger partial charge in [-0.05, 0) is 24.1 Å². The third-order valence-electron chi connectivity index (χ3n) is 5.49. The molecular weight excluding hydrogens is 356 g/mol. The molecule has 0 saturated carbocycles. The molecule has 2 aliphatic rings. The maximum absolute atomic E-state index is 5.43. The largest absolute Gasteiger partial charge is 0.481 e. The van der Waals surface area contributed by atoms with Crippen molar-refractivity contribution in [1.82, 2.24) is 19.9 Å². The summed E-state index contributed by atoms with van der Waals surface area (Å²) in [7, 11) is 3.79. The van der Waals surface area contributed by atoms with Crippen molar-refractivity contribution < 1.29 is 9.47 Å². The van der Waals surface area contributed by atoms with Crippen molar-refractivity contribution in [2.24, 2.45) is 0 Å². The Morgan fingerprint density at radius 2 is 2.00 bits per heavy atom. The Kier molecular flexibility index (Phi) is 5.87. The Morgan fingerprint density at radius 3 is 2.82 bits per heavy atom. The number of likely N-dealkylation sites (N-methyl/N-ethyl adjacent to an activating group) is 1. The average Bonchev–Trinajstić information content (AvgIpc) is 3.22. The van der Waals surface area contributed by atoms with Crippen molar-refractivity contribution >= 4 is 11.8 Å². The first-order valence-electron chi connectivity index (χ1n) is 9.83. The summed E-state index contributed by atoms with van der Waals surface area (Å²) in [6.07, 6.45) is 4.79. The molecule has 1 atom stereocenters. The molecule has 8 nitrogen and oxygen atoms in total. The summed E-state index contributed by atoms with van der Waals surface area (Å²) in [5.41, 5.74) is 1.23. The van der Waals surface area contributed by atoms with E-state index in [1.807, 2.05) is 24.5 Å². The molecule has 0 radical (unpaired) electrons. The Balaban J connectivity index is 1.38. The molecule has 2 aromatic rings. The molecule has 4 heterocycles. The van der Waals surface area contributed by atoms with Gasteiger partial charge in [0.2, 0.25) is 11.8 Å². The van der Waals surface area contributed by atoms with E-state index in [2.05, 4.69) is 37.8 Å². The summed E-state index contributed by atoms with van der Waals surface area (Å²) >= 11 is 0. The summed E-state index contributed by atoms with van der Waals surface area (Å²) in [6.45, 7) is 6.16. The van der Waals surface area contributed by atoms with Gasteiger partial charge in [-0.1, -0.05) is 0 Å². The zero-order valence-corrected chi connectivity index (χ0v) is 16.6. The van der Waals surface area contributed by atoms with Crippen molar-refractivity contribution in [2.75, 3.05) is 63.4 Å². The first-order chi connectivity index (χ1) is 13.7. The minimum atomic E-state index is 0.441. The molecule has 0 amide bonds. The van der Waals surface area contributed by atoms with Crippen LogP contribution in [-0.2, 0) is 11.3 Å². The van der Waals surface area contributed by atoms with Gasteiger partial charge in [0, 0.05) is 64.3 Å². The fourth-order valence-corrected chi connectivity index (χ4v) is 3.83. The van der Waals surface area contributed by atoms with Crippen LogP contribution in [0.5, 0.6) is 5.88 Å². The minimum Gasteiger partial charge on any atom is -0.481 e. The van der Waals surface area contributed by atoms with E-state index >= 15 is 0 Å². The first-order valence-corrected chi connectivity index (χ1v) is 9.83. The number of hydrogen-bond acceptors (Lipinski definition) is 8. The van der Waals surface area contributed by atoms with Crippen molar-refractivity contribution in [3.63, 3.8) is 0 Å². The molecule has 150 valence electrons. The van der Waals surface area contributed by atoms with Crippen LogP contribution < -0.4 is 14.5 Å². The second-order valence-corrected chi connectivity index (χ2v) is 7.31. The molecule has 1 unspecified atom stereocenters. The predicted octanol–water partition coefficient (Wildman–Crippen LogP) is 1.43. The maximum atomic E-state index is 5.43. The molecule has 0 bridgehead atoms. The SMILES string of the molecule is COc1cc(CN2CCC(N(C)c3ccnc(N4CCOCC4)n3)C2)ccn1. The Hall–Kier alpha value is -2.45. The number of hydrogen-bond donors (Lipinski definition) is 0.